The van der Waals surface area contributed by atoms with Gasteiger partial charge in [0, 0.05) is 13.1 Å². The van der Waals surface area contributed by atoms with E-state index in [1.807, 2.05) is 0 Å². The second-order valence-electron chi connectivity index (χ2n) is 3.92. The van der Waals surface area contributed by atoms with E-state index in [1.54, 1.807) is 4.90 Å². The molecule has 2 rings (SSSR count). The molecular weight excluding hydrogens is 182 g/mol. The van der Waals surface area contributed by atoms with Gasteiger partial charge in [0.05, 0.1) is 6.54 Å². The molecule has 1 atom stereocenters. The van der Waals surface area contributed by atoms with Crippen molar-refractivity contribution in [3.63, 3.8) is 0 Å². The molecule has 2 aliphatic rings. The van der Waals surface area contributed by atoms with Gasteiger partial charge >= 0.3 is 0 Å². The molecule has 5 nitrogen and oxygen atoms in total. The predicted molar refractivity (Wildman–Crippen MR) is 50.4 cm³/mol. The van der Waals surface area contributed by atoms with Crippen LogP contribution in [0.3, 0.4) is 0 Å². The van der Waals surface area contributed by atoms with Crippen LogP contribution >= 0.6 is 0 Å². The molecule has 78 valence electrons. The molecule has 2 heterocycles. The van der Waals surface area contributed by atoms with Crippen molar-refractivity contribution in [2.45, 2.75) is 24.8 Å². The number of amides is 2. The Morgan fingerprint density at radius 2 is 2.36 bits per heavy atom. The Morgan fingerprint density at radius 1 is 1.57 bits per heavy atom. The number of carbonyl (C=O) groups is 2. The molecule has 2 amide bonds. The summed E-state index contributed by atoms with van der Waals surface area (Å²) in [6.45, 7) is 1.26. The molecule has 2 saturated heterocycles. The minimum Gasteiger partial charge on any atom is -0.351 e. The molecule has 1 unspecified atom stereocenters. The molecule has 2 fully saturated rings. The fraction of sp³-hybridized carbons (Fsp3) is 0.778. The van der Waals surface area contributed by atoms with Crippen LogP contribution in [-0.2, 0) is 9.59 Å². The lowest BCUT2D eigenvalue weighted by Gasteiger charge is -2.51. The summed E-state index contributed by atoms with van der Waals surface area (Å²) < 4.78 is 0. The lowest BCUT2D eigenvalue weighted by molar-refractivity contribution is -0.158. The van der Waals surface area contributed by atoms with Gasteiger partial charge in [-0.05, 0) is 19.3 Å². The summed E-state index contributed by atoms with van der Waals surface area (Å²) in [4.78, 5) is 24.7. The molecule has 0 radical (unpaired) electrons. The fourth-order valence-corrected chi connectivity index (χ4v) is 2.29. The van der Waals surface area contributed by atoms with E-state index >= 15 is 0 Å². The molecule has 1 spiro atoms. The van der Waals surface area contributed by atoms with E-state index < -0.39 is 5.54 Å². The third kappa shape index (κ3) is 1.12. The Hall–Kier alpha value is -1.10. The van der Waals surface area contributed by atoms with Gasteiger partial charge in [-0.1, -0.05) is 0 Å². The van der Waals surface area contributed by atoms with Gasteiger partial charge in [0.15, 0.2) is 0 Å². The Labute approximate surface area is 82.6 Å². The van der Waals surface area contributed by atoms with Crippen LogP contribution in [0, 0.1) is 0 Å². The van der Waals surface area contributed by atoms with Gasteiger partial charge in [-0.2, -0.15) is 0 Å². The first-order valence-corrected chi connectivity index (χ1v) is 4.99. The number of nitrogens with two attached hydrogens (primary N) is 1. The molecule has 0 aromatic carbocycles. The third-order valence-corrected chi connectivity index (χ3v) is 3.18. The average Bonchev–Trinajstić information content (AvgIpc) is 2.25. The van der Waals surface area contributed by atoms with Gasteiger partial charge in [0.2, 0.25) is 11.8 Å². The highest BCUT2D eigenvalue weighted by Gasteiger charge is 2.53. The summed E-state index contributed by atoms with van der Waals surface area (Å²) in [5.41, 5.74) is 4.78. The van der Waals surface area contributed by atoms with Crippen LogP contribution in [0.1, 0.15) is 19.3 Å². The minimum absolute atomic E-state index is 0.00493. The van der Waals surface area contributed by atoms with Crippen LogP contribution in [0.15, 0.2) is 0 Å². The molecule has 14 heavy (non-hydrogen) atoms. The first kappa shape index (κ1) is 9.45. The van der Waals surface area contributed by atoms with Crippen molar-refractivity contribution in [1.82, 2.24) is 10.2 Å². The number of nitrogens with zero attached hydrogens (tertiary/aromatic N) is 1. The molecule has 0 saturated carbocycles. The quantitative estimate of drug-likeness (QED) is 0.520. The molecule has 0 aromatic heterocycles. The van der Waals surface area contributed by atoms with E-state index in [-0.39, 0.29) is 18.4 Å². The van der Waals surface area contributed by atoms with E-state index in [2.05, 4.69) is 5.32 Å². The third-order valence-electron chi connectivity index (χ3n) is 3.18. The van der Waals surface area contributed by atoms with Crippen LogP contribution in [0.5, 0.6) is 0 Å². The van der Waals surface area contributed by atoms with Crippen LogP contribution in [0.25, 0.3) is 0 Å². The highest BCUT2D eigenvalue weighted by Crippen LogP contribution is 2.32. The number of β-lactam (4-membered cyclic amide) rings is 1. The van der Waals surface area contributed by atoms with E-state index in [4.69, 9.17) is 5.73 Å². The number of hydrogen-bond acceptors (Lipinski definition) is 3. The first-order valence-electron chi connectivity index (χ1n) is 4.99. The maximum absolute atomic E-state index is 11.5. The van der Waals surface area contributed by atoms with Gasteiger partial charge in [0.1, 0.15) is 5.54 Å². The zero-order valence-corrected chi connectivity index (χ0v) is 8.08. The number of nitrogens with one attached hydrogen (secondary N) is 1. The van der Waals surface area contributed by atoms with Crippen LogP contribution < -0.4 is 11.1 Å². The van der Waals surface area contributed by atoms with Crippen molar-refractivity contribution in [1.29, 1.82) is 0 Å². The van der Waals surface area contributed by atoms with Gasteiger partial charge in [-0.25, -0.2) is 0 Å². The molecule has 0 bridgehead atoms. The largest absolute Gasteiger partial charge is 0.351 e. The maximum Gasteiger partial charge on any atom is 0.247 e. The normalized spacial score (nSPS) is 31.2. The highest BCUT2D eigenvalue weighted by molar-refractivity contribution is 5.97. The van der Waals surface area contributed by atoms with Crippen molar-refractivity contribution in [2.24, 2.45) is 5.73 Å². The number of rotatable bonds is 1. The number of carbonyl (C=O) groups excluding carboxylic acids is 2. The lowest BCUT2D eigenvalue weighted by Crippen LogP contribution is -2.75. The van der Waals surface area contributed by atoms with Crippen molar-refractivity contribution < 1.29 is 9.59 Å². The summed E-state index contributed by atoms with van der Waals surface area (Å²) in [5.74, 6) is -0.126. The SMILES string of the molecule is NCC(=O)N1CCCCC12CNC2=O. The molecule has 5 heteroatoms. The molecule has 3 N–H and O–H groups in total. The van der Waals surface area contributed by atoms with Crippen LogP contribution in [0.4, 0.5) is 0 Å². The molecule has 2 aliphatic heterocycles. The second-order valence-corrected chi connectivity index (χ2v) is 3.92. The van der Waals surface area contributed by atoms with Crippen molar-refractivity contribution in [2.75, 3.05) is 19.6 Å². The summed E-state index contributed by atoms with van der Waals surface area (Å²) in [6.07, 6.45) is 2.77. The molecule has 0 aromatic rings. The topological polar surface area (TPSA) is 75.4 Å². The van der Waals surface area contributed by atoms with E-state index in [0.29, 0.717) is 13.1 Å². The zero-order valence-electron chi connectivity index (χ0n) is 8.08. The zero-order chi connectivity index (χ0) is 10.2. The van der Waals surface area contributed by atoms with Crippen LogP contribution in [-0.4, -0.2) is 41.9 Å². The summed E-state index contributed by atoms with van der Waals surface area (Å²) in [5, 5.41) is 2.70. The van der Waals surface area contributed by atoms with Gasteiger partial charge in [-0.15, -0.1) is 0 Å². The predicted octanol–water partition coefficient (Wildman–Crippen LogP) is -1.17. The minimum atomic E-state index is -0.547. The standard InChI is InChI=1S/C9H15N3O2/c10-5-7(13)12-4-2-1-3-9(12)6-11-8(9)14/h1-6,10H2,(H,11,14). The number of piperidine rings is 1. The lowest BCUT2D eigenvalue weighted by atomic mass is 9.80. The monoisotopic (exact) mass is 197 g/mol. The van der Waals surface area contributed by atoms with Crippen LogP contribution in [0.2, 0.25) is 0 Å². The Morgan fingerprint density at radius 3 is 2.86 bits per heavy atom. The fourth-order valence-electron chi connectivity index (χ4n) is 2.29. The van der Waals surface area contributed by atoms with Gasteiger partial charge in [-0.3, -0.25) is 9.59 Å². The Bertz CT molecular complexity index is 279. The van der Waals surface area contributed by atoms with E-state index in [1.165, 1.54) is 0 Å². The number of likely N-dealkylation sites (tertiary alicyclic amines) is 1. The number of hydrogen-bond donors (Lipinski definition) is 2. The second kappa shape index (κ2) is 3.24. The van der Waals surface area contributed by atoms with Crippen molar-refractivity contribution in [3.8, 4) is 0 Å². The van der Waals surface area contributed by atoms with Gasteiger partial charge in [0.25, 0.3) is 0 Å². The summed E-state index contributed by atoms with van der Waals surface area (Å²) in [6, 6.07) is 0. The first-order chi connectivity index (χ1) is 6.70. The highest BCUT2D eigenvalue weighted by atomic mass is 16.2. The van der Waals surface area contributed by atoms with E-state index in [9.17, 15) is 9.59 Å². The summed E-state index contributed by atoms with van der Waals surface area (Å²) >= 11 is 0. The maximum atomic E-state index is 11.5. The Kier molecular flexibility index (Phi) is 2.19. The van der Waals surface area contributed by atoms with Crippen molar-refractivity contribution in [3.05, 3.63) is 0 Å². The smallest absolute Gasteiger partial charge is 0.247 e. The Balaban J connectivity index is 2.19. The van der Waals surface area contributed by atoms with Gasteiger partial charge < -0.3 is 16.0 Å². The molecular formula is C9H15N3O2. The van der Waals surface area contributed by atoms with E-state index in [0.717, 1.165) is 19.3 Å². The summed E-state index contributed by atoms with van der Waals surface area (Å²) in [7, 11) is 0. The van der Waals surface area contributed by atoms with Crippen molar-refractivity contribution >= 4 is 11.8 Å². The average molecular weight is 197 g/mol. The molecule has 0 aliphatic carbocycles.